The van der Waals surface area contributed by atoms with Crippen molar-refractivity contribution in [2.45, 2.75) is 193 Å². The number of carbonyl (C=O) groups is 1. The summed E-state index contributed by atoms with van der Waals surface area (Å²) in [5.74, 6) is -0.180. The second-order valence-electron chi connectivity index (χ2n) is 15.0. The molecule has 0 aliphatic heterocycles. The minimum absolute atomic E-state index is 0.0641. The Morgan fingerprint density at radius 3 is 1.54 bits per heavy atom. The van der Waals surface area contributed by atoms with Gasteiger partial charge in [-0.05, 0) is 19.3 Å². The van der Waals surface area contributed by atoms with Crippen molar-refractivity contribution in [3.8, 4) is 0 Å². The number of carbonyl (C=O) groups excluding carboxylic acids is 1. The number of unbranched alkanes of at least 4 members (excludes halogenated alkanes) is 23. The molecular formula is C39H80N2O6P+. The number of rotatable bonds is 36. The van der Waals surface area contributed by atoms with Gasteiger partial charge in [-0.2, -0.15) is 0 Å². The van der Waals surface area contributed by atoms with Gasteiger partial charge in [-0.25, -0.2) is 4.57 Å². The van der Waals surface area contributed by atoms with Crippen molar-refractivity contribution in [1.82, 2.24) is 5.32 Å². The number of likely N-dealkylation sites (N-methyl/N-ethyl adjacent to an activating group) is 1. The molecule has 0 aromatic heterocycles. The van der Waals surface area contributed by atoms with Crippen LogP contribution in [0, 0.1) is 0 Å². The molecule has 0 radical (unpaired) electrons. The number of nitrogens with zero attached hydrogens (tertiary/aromatic N) is 1. The molecule has 0 bridgehead atoms. The minimum atomic E-state index is -4.32. The molecule has 8 nitrogen and oxygen atoms in total. The summed E-state index contributed by atoms with van der Waals surface area (Å²) in [7, 11) is 1.58. The Morgan fingerprint density at radius 2 is 1.10 bits per heavy atom. The molecule has 0 spiro atoms. The maximum absolute atomic E-state index is 12.7. The van der Waals surface area contributed by atoms with Gasteiger partial charge in [0.05, 0.1) is 39.9 Å². The number of phosphoric acid groups is 1. The number of hydrogen-bond donors (Lipinski definition) is 3. The predicted octanol–water partition coefficient (Wildman–Crippen LogP) is 10.4. The number of phosphoric ester groups is 1. The molecule has 0 saturated heterocycles. The number of amides is 1. The Morgan fingerprint density at radius 1 is 0.688 bits per heavy atom. The normalized spacial score (nSPS) is 14.7. The summed E-state index contributed by atoms with van der Waals surface area (Å²) in [6, 6.07) is -0.837. The molecule has 286 valence electrons. The number of aliphatic hydroxyl groups is 1. The molecular weight excluding hydrogens is 623 g/mol. The van der Waals surface area contributed by atoms with Gasteiger partial charge in [0, 0.05) is 6.42 Å². The fraction of sp³-hybridized carbons (Fsp3) is 0.923. The van der Waals surface area contributed by atoms with Crippen LogP contribution in [0.15, 0.2) is 12.2 Å². The zero-order valence-electron chi connectivity index (χ0n) is 32.2. The molecule has 9 heteroatoms. The number of aliphatic hydroxyl groups excluding tert-OH is 1. The van der Waals surface area contributed by atoms with E-state index in [4.69, 9.17) is 9.05 Å². The molecule has 1 amide bonds. The Bertz CT molecular complexity index is 804. The van der Waals surface area contributed by atoms with E-state index in [9.17, 15) is 19.4 Å². The van der Waals surface area contributed by atoms with Gasteiger partial charge < -0.3 is 19.8 Å². The van der Waals surface area contributed by atoms with Crippen LogP contribution in [0.2, 0.25) is 0 Å². The monoisotopic (exact) mass is 704 g/mol. The zero-order valence-corrected chi connectivity index (χ0v) is 33.1. The van der Waals surface area contributed by atoms with Gasteiger partial charge in [0.1, 0.15) is 13.2 Å². The molecule has 0 saturated carbocycles. The van der Waals surface area contributed by atoms with E-state index >= 15 is 0 Å². The summed E-state index contributed by atoms with van der Waals surface area (Å²) >= 11 is 0. The van der Waals surface area contributed by atoms with Crippen molar-refractivity contribution in [2.24, 2.45) is 0 Å². The first-order valence-electron chi connectivity index (χ1n) is 20.1. The van der Waals surface area contributed by atoms with Crippen molar-refractivity contribution < 1.29 is 32.9 Å². The molecule has 0 aliphatic rings. The molecule has 48 heavy (non-hydrogen) atoms. The molecule has 0 aromatic carbocycles. The molecule has 0 fully saturated rings. The molecule has 3 atom stereocenters. The average Bonchev–Trinajstić information content (AvgIpc) is 3.02. The van der Waals surface area contributed by atoms with Crippen LogP contribution in [0.25, 0.3) is 0 Å². The van der Waals surface area contributed by atoms with Gasteiger partial charge in [-0.3, -0.25) is 13.8 Å². The van der Waals surface area contributed by atoms with E-state index in [0.717, 1.165) is 32.1 Å². The van der Waals surface area contributed by atoms with E-state index in [-0.39, 0.29) is 19.1 Å². The van der Waals surface area contributed by atoms with E-state index in [0.29, 0.717) is 17.4 Å². The molecule has 0 rings (SSSR count). The molecule has 1 unspecified atom stereocenters. The highest BCUT2D eigenvalue weighted by molar-refractivity contribution is 7.47. The van der Waals surface area contributed by atoms with E-state index in [2.05, 4.69) is 19.2 Å². The number of hydrogen-bond acceptors (Lipinski definition) is 5. The van der Waals surface area contributed by atoms with Crippen LogP contribution >= 0.6 is 7.82 Å². The number of quaternary nitrogens is 1. The summed E-state index contributed by atoms with van der Waals surface area (Å²) in [5, 5.41) is 13.7. The van der Waals surface area contributed by atoms with Crippen LogP contribution in [0.1, 0.15) is 181 Å². The highest BCUT2D eigenvalue weighted by atomic mass is 31.2. The number of allylic oxidation sites excluding steroid dienone is 1. The van der Waals surface area contributed by atoms with Crippen LogP contribution in [-0.2, 0) is 18.4 Å². The third-order valence-corrected chi connectivity index (χ3v) is 9.99. The Labute approximate surface area is 297 Å². The van der Waals surface area contributed by atoms with Crippen LogP contribution in [0.4, 0.5) is 0 Å². The maximum Gasteiger partial charge on any atom is 0.472 e. The second kappa shape index (κ2) is 32.2. The van der Waals surface area contributed by atoms with Gasteiger partial charge >= 0.3 is 7.82 Å². The van der Waals surface area contributed by atoms with Crippen LogP contribution in [0.5, 0.6) is 0 Å². The van der Waals surface area contributed by atoms with Gasteiger partial charge in [0.25, 0.3) is 0 Å². The first-order chi connectivity index (χ1) is 23.0. The van der Waals surface area contributed by atoms with Crippen molar-refractivity contribution in [3.63, 3.8) is 0 Å². The maximum atomic E-state index is 12.7. The van der Waals surface area contributed by atoms with Crippen molar-refractivity contribution >= 4 is 13.7 Å². The Hall–Kier alpha value is -0.760. The lowest BCUT2D eigenvalue weighted by Gasteiger charge is -2.25. The summed E-state index contributed by atoms with van der Waals surface area (Å²) < 4.78 is 23.4. The first kappa shape index (κ1) is 47.2. The topological polar surface area (TPSA) is 105 Å². The average molecular weight is 704 g/mol. The standard InChI is InChI=1S/C39H79N2O6P/c1-6-8-10-12-14-16-17-18-19-20-21-22-23-25-26-28-30-32-38(42)37(36-47-48(44,45)46-35-34-41(3,4)5)40-39(43)33-31-29-27-24-15-13-11-9-7-2/h30,32,37-38,42H,6-29,31,33-36H2,1-5H3,(H-,40,43,44,45)/p+1/b32-30+/t37-,38+/m0/s1. The second-order valence-corrected chi connectivity index (χ2v) is 16.5. The molecule has 0 heterocycles. The predicted molar refractivity (Wildman–Crippen MR) is 203 cm³/mol. The van der Waals surface area contributed by atoms with Gasteiger partial charge in [0.2, 0.25) is 5.91 Å². The highest BCUT2D eigenvalue weighted by Gasteiger charge is 2.27. The van der Waals surface area contributed by atoms with E-state index < -0.39 is 20.0 Å². The smallest absolute Gasteiger partial charge is 0.387 e. The van der Waals surface area contributed by atoms with Gasteiger partial charge in [-0.15, -0.1) is 0 Å². The SMILES string of the molecule is CCCCCCCCCCCCCCCCC/C=C/[C@@H](O)[C@H](COP(=O)(O)OCC[N+](C)(C)C)NC(=O)CCCCCCCCCCC. The lowest BCUT2D eigenvalue weighted by Crippen LogP contribution is -2.45. The fourth-order valence-corrected chi connectivity index (χ4v) is 6.48. The summed E-state index contributed by atoms with van der Waals surface area (Å²) in [5.41, 5.74) is 0. The summed E-state index contributed by atoms with van der Waals surface area (Å²) in [6.07, 6.45) is 34.2. The van der Waals surface area contributed by atoms with E-state index in [1.165, 1.54) is 128 Å². The molecule has 3 N–H and O–H groups in total. The third kappa shape index (κ3) is 33.7. The quantitative estimate of drug-likeness (QED) is 0.0260. The van der Waals surface area contributed by atoms with Crippen LogP contribution < -0.4 is 5.32 Å². The Kier molecular flexibility index (Phi) is 31.7. The largest absolute Gasteiger partial charge is 0.472 e. The lowest BCUT2D eigenvalue weighted by atomic mass is 10.0. The van der Waals surface area contributed by atoms with Gasteiger partial charge in [-0.1, -0.05) is 167 Å². The molecule has 0 aromatic rings. The van der Waals surface area contributed by atoms with Crippen LogP contribution in [-0.4, -0.2) is 73.4 Å². The Balaban J connectivity index is 4.44. The highest BCUT2D eigenvalue weighted by Crippen LogP contribution is 2.43. The molecule has 0 aliphatic carbocycles. The van der Waals surface area contributed by atoms with Crippen molar-refractivity contribution in [2.75, 3.05) is 40.9 Å². The van der Waals surface area contributed by atoms with Gasteiger partial charge in [0.15, 0.2) is 0 Å². The minimum Gasteiger partial charge on any atom is -0.387 e. The van der Waals surface area contributed by atoms with E-state index in [1.807, 2.05) is 27.2 Å². The summed E-state index contributed by atoms with van der Waals surface area (Å²) in [4.78, 5) is 22.9. The van der Waals surface area contributed by atoms with E-state index in [1.54, 1.807) is 6.08 Å². The zero-order chi connectivity index (χ0) is 35.8. The van der Waals surface area contributed by atoms with Crippen molar-refractivity contribution in [1.29, 1.82) is 0 Å². The van der Waals surface area contributed by atoms with Crippen molar-refractivity contribution in [3.05, 3.63) is 12.2 Å². The lowest BCUT2D eigenvalue weighted by molar-refractivity contribution is -0.870. The fourth-order valence-electron chi connectivity index (χ4n) is 5.75. The number of nitrogens with one attached hydrogen (secondary N) is 1. The third-order valence-electron chi connectivity index (χ3n) is 9.01. The first-order valence-corrected chi connectivity index (χ1v) is 21.6. The summed E-state index contributed by atoms with van der Waals surface area (Å²) in [6.45, 7) is 4.79. The van der Waals surface area contributed by atoms with Crippen LogP contribution in [0.3, 0.4) is 0 Å².